The van der Waals surface area contributed by atoms with Gasteiger partial charge in [0.2, 0.25) is 17.2 Å². The molecule has 18 heavy (non-hydrogen) atoms. The van der Waals surface area contributed by atoms with E-state index in [4.69, 9.17) is 11.6 Å². The molecule has 0 spiro atoms. The highest BCUT2D eigenvalue weighted by Crippen LogP contribution is 2.17. The zero-order chi connectivity index (χ0) is 13.1. The molecule has 1 aromatic carbocycles. The Kier molecular flexibility index (Phi) is 3.62. The molecule has 0 bridgehead atoms. The molecule has 0 aliphatic carbocycles. The van der Waals surface area contributed by atoms with Gasteiger partial charge in [0.25, 0.3) is 0 Å². The molecule has 0 fully saturated rings. The Morgan fingerprint density at radius 3 is 2.61 bits per heavy atom. The van der Waals surface area contributed by atoms with Crippen molar-refractivity contribution in [1.29, 1.82) is 0 Å². The van der Waals surface area contributed by atoms with Gasteiger partial charge in [-0.3, -0.25) is 0 Å². The maximum Gasteiger partial charge on any atom is 0.233 e. The van der Waals surface area contributed by atoms with Crippen molar-refractivity contribution in [3.8, 4) is 0 Å². The van der Waals surface area contributed by atoms with Crippen molar-refractivity contribution in [2.75, 3.05) is 24.3 Å². The van der Waals surface area contributed by atoms with Crippen LogP contribution in [0.25, 0.3) is 0 Å². The number of rotatable bonds is 3. The molecule has 0 saturated heterocycles. The lowest BCUT2D eigenvalue weighted by Crippen LogP contribution is -2.14. The van der Waals surface area contributed by atoms with Crippen LogP contribution in [0, 0.1) is 6.92 Å². The van der Waals surface area contributed by atoms with Gasteiger partial charge in [0.05, 0.1) is 0 Å². The van der Waals surface area contributed by atoms with Crippen molar-refractivity contribution in [2.24, 2.45) is 0 Å². The van der Waals surface area contributed by atoms with Gasteiger partial charge >= 0.3 is 0 Å². The summed E-state index contributed by atoms with van der Waals surface area (Å²) in [6, 6.07) is 7.94. The summed E-state index contributed by atoms with van der Waals surface area (Å²) in [5.41, 5.74) is 2.08. The maximum atomic E-state index is 5.86. The summed E-state index contributed by atoms with van der Waals surface area (Å²) in [4.78, 5) is 14.1. The first-order valence-electron chi connectivity index (χ1n) is 5.47. The van der Waals surface area contributed by atoms with Crippen LogP contribution in [0.3, 0.4) is 0 Å². The van der Waals surface area contributed by atoms with E-state index in [1.807, 2.05) is 45.3 Å². The van der Waals surface area contributed by atoms with E-state index in [0.717, 1.165) is 11.3 Å². The average Bonchev–Trinajstić information content (AvgIpc) is 2.28. The molecule has 2 rings (SSSR count). The molecule has 1 N–H and O–H groups in total. The topological polar surface area (TPSA) is 53.9 Å². The van der Waals surface area contributed by atoms with Crippen LogP contribution in [0.1, 0.15) is 5.56 Å². The van der Waals surface area contributed by atoms with E-state index < -0.39 is 0 Å². The van der Waals surface area contributed by atoms with Gasteiger partial charge in [0, 0.05) is 19.8 Å². The third-order valence-corrected chi connectivity index (χ3v) is 2.44. The standard InChI is InChI=1S/C12H14ClN5/c1-8-5-4-6-9(7-8)14-11-15-10(13)16-12(17-11)18(2)3/h4-7H,1-3H3,(H,14,15,16,17). The Hall–Kier alpha value is -1.88. The van der Waals surface area contributed by atoms with E-state index in [0.29, 0.717) is 11.9 Å². The lowest BCUT2D eigenvalue weighted by atomic mass is 10.2. The first-order chi connectivity index (χ1) is 8.54. The number of halogens is 1. The van der Waals surface area contributed by atoms with Gasteiger partial charge in [-0.05, 0) is 36.2 Å². The second-order valence-electron chi connectivity index (χ2n) is 4.12. The third kappa shape index (κ3) is 3.07. The summed E-state index contributed by atoms with van der Waals surface area (Å²) in [5, 5.41) is 3.28. The van der Waals surface area contributed by atoms with E-state index in [1.54, 1.807) is 4.90 Å². The Balaban J connectivity index is 2.29. The van der Waals surface area contributed by atoms with Crippen LogP contribution < -0.4 is 10.2 Å². The molecule has 0 aliphatic rings. The molecule has 1 heterocycles. The van der Waals surface area contributed by atoms with Crippen LogP contribution in [-0.2, 0) is 0 Å². The van der Waals surface area contributed by atoms with Crippen LogP contribution in [0.15, 0.2) is 24.3 Å². The summed E-state index contributed by atoms with van der Waals surface area (Å²) < 4.78 is 0. The summed E-state index contributed by atoms with van der Waals surface area (Å²) in [7, 11) is 3.70. The molecule has 0 atom stereocenters. The number of benzene rings is 1. The monoisotopic (exact) mass is 263 g/mol. The van der Waals surface area contributed by atoms with Gasteiger partial charge < -0.3 is 10.2 Å². The number of hydrogen-bond acceptors (Lipinski definition) is 5. The lowest BCUT2D eigenvalue weighted by Gasteiger charge is -2.12. The average molecular weight is 264 g/mol. The molecular weight excluding hydrogens is 250 g/mol. The molecule has 94 valence electrons. The highest BCUT2D eigenvalue weighted by molar-refractivity contribution is 6.28. The van der Waals surface area contributed by atoms with Gasteiger partial charge in [-0.15, -0.1) is 0 Å². The largest absolute Gasteiger partial charge is 0.347 e. The molecule has 0 saturated carbocycles. The maximum absolute atomic E-state index is 5.86. The minimum absolute atomic E-state index is 0.170. The SMILES string of the molecule is Cc1cccc(Nc2nc(Cl)nc(N(C)C)n2)c1. The Labute approximate surface area is 111 Å². The number of aryl methyl sites for hydroxylation is 1. The summed E-state index contributed by atoms with van der Waals surface area (Å²) in [5.74, 6) is 0.953. The summed E-state index contributed by atoms with van der Waals surface area (Å²) in [6.07, 6.45) is 0. The second-order valence-corrected chi connectivity index (χ2v) is 4.46. The van der Waals surface area contributed by atoms with E-state index in [2.05, 4.69) is 20.3 Å². The van der Waals surface area contributed by atoms with Crippen molar-refractivity contribution < 1.29 is 0 Å². The van der Waals surface area contributed by atoms with E-state index >= 15 is 0 Å². The molecule has 0 radical (unpaired) electrons. The highest BCUT2D eigenvalue weighted by Gasteiger charge is 2.06. The molecule has 0 aliphatic heterocycles. The Bertz CT molecular complexity index is 556. The van der Waals surface area contributed by atoms with Crippen molar-refractivity contribution in [1.82, 2.24) is 15.0 Å². The van der Waals surface area contributed by atoms with E-state index in [9.17, 15) is 0 Å². The Morgan fingerprint density at radius 2 is 1.94 bits per heavy atom. The summed E-state index contributed by atoms with van der Waals surface area (Å²) in [6.45, 7) is 2.02. The molecule has 0 amide bonds. The second kappa shape index (κ2) is 5.18. The lowest BCUT2D eigenvalue weighted by molar-refractivity contribution is 0.961. The van der Waals surface area contributed by atoms with E-state index in [-0.39, 0.29) is 5.28 Å². The predicted octanol–water partition coefficient (Wildman–Crippen LogP) is 2.64. The number of nitrogens with zero attached hydrogens (tertiary/aromatic N) is 4. The molecule has 1 aromatic heterocycles. The number of aromatic nitrogens is 3. The third-order valence-electron chi connectivity index (χ3n) is 2.27. The quantitative estimate of drug-likeness (QED) is 0.923. The van der Waals surface area contributed by atoms with Crippen molar-refractivity contribution in [3.05, 3.63) is 35.1 Å². The minimum atomic E-state index is 0.170. The van der Waals surface area contributed by atoms with Gasteiger partial charge in [-0.2, -0.15) is 15.0 Å². The molecule has 6 heteroatoms. The fourth-order valence-electron chi connectivity index (χ4n) is 1.45. The van der Waals surface area contributed by atoms with Crippen LogP contribution >= 0.6 is 11.6 Å². The van der Waals surface area contributed by atoms with Crippen LogP contribution in [0.2, 0.25) is 5.28 Å². The molecule has 5 nitrogen and oxygen atoms in total. The van der Waals surface area contributed by atoms with Gasteiger partial charge in [-0.1, -0.05) is 12.1 Å². The first-order valence-corrected chi connectivity index (χ1v) is 5.85. The number of nitrogens with one attached hydrogen (secondary N) is 1. The van der Waals surface area contributed by atoms with Crippen LogP contribution in [-0.4, -0.2) is 29.0 Å². The number of anilines is 3. The molecule has 2 aromatic rings. The Morgan fingerprint density at radius 1 is 1.17 bits per heavy atom. The van der Waals surface area contributed by atoms with E-state index in [1.165, 1.54) is 0 Å². The fraction of sp³-hybridized carbons (Fsp3) is 0.250. The van der Waals surface area contributed by atoms with Gasteiger partial charge in [0.15, 0.2) is 0 Å². The first kappa shape index (κ1) is 12.6. The predicted molar refractivity (Wildman–Crippen MR) is 73.6 cm³/mol. The van der Waals surface area contributed by atoms with Crippen LogP contribution in [0.5, 0.6) is 0 Å². The molecule has 0 unspecified atom stereocenters. The van der Waals surface area contributed by atoms with Crippen molar-refractivity contribution in [2.45, 2.75) is 6.92 Å². The fourth-order valence-corrected chi connectivity index (χ4v) is 1.60. The van der Waals surface area contributed by atoms with Gasteiger partial charge in [0.1, 0.15) is 0 Å². The smallest absolute Gasteiger partial charge is 0.233 e. The number of hydrogen-bond donors (Lipinski definition) is 1. The zero-order valence-corrected chi connectivity index (χ0v) is 11.2. The van der Waals surface area contributed by atoms with Crippen LogP contribution in [0.4, 0.5) is 17.6 Å². The summed E-state index contributed by atoms with van der Waals surface area (Å²) >= 11 is 5.86. The van der Waals surface area contributed by atoms with Gasteiger partial charge in [-0.25, -0.2) is 0 Å². The van der Waals surface area contributed by atoms with Crippen molar-refractivity contribution >= 4 is 29.2 Å². The normalized spacial score (nSPS) is 10.2. The highest BCUT2D eigenvalue weighted by atomic mass is 35.5. The van der Waals surface area contributed by atoms with Crippen molar-refractivity contribution in [3.63, 3.8) is 0 Å². The molecular formula is C12H14ClN5. The minimum Gasteiger partial charge on any atom is -0.347 e. The zero-order valence-electron chi connectivity index (χ0n) is 10.5.